The van der Waals surface area contributed by atoms with E-state index < -0.39 is 0 Å². The van der Waals surface area contributed by atoms with Gasteiger partial charge < -0.3 is 10.1 Å². The number of aromatic hydroxyl groups is 1. The minimum atomic E-state index is -0.294. The Balaban J connectivity index is 1.70. The molecule has 0 saturated carbocycles. The van der Waals surface area contributed by atoms with E-state index in [1.165, 1.54) is 17.8 Å². The number of aryl methyl sites for hydroxylation is 1. The van der Waals surface area contributed by atoms with Crippen LogP contribution in [-0.4, -0.2) is 15.8 Å². The number of para-hydroxylation sites is 1. The summed E-state index contributed by atoms with van der Waals surface area (Å²) in [7, 11) is 0. The first-order valence-corrected chi connectivity index (χ1v) is 8.35. The van der Waals surface area contributed by atoms with Crippen molar-refractivity contribution in [2.45, 2.75) is 17.7 Å². The van der Waals surface area contributed by atoms with Gasteiger partial charge in [0.15, 0.2) is 0 Å². The molecule has 23 heavy (non-hydrogen) atoms. The van der Waals surface area contributed by atoms with Gasteiger partial charge in [0.1, 0.15) is 16.5 Å². The van der Waals surface area contributed by atoms with E-state index in [4.69, 9.17) is 0 Å². The number of pyridine rings is 1. The van der Waals surface area contributed by atoms with Crippen molar-refractivity contribution >= 4 is 22.7 Å². The number of halogens is 1. The van der Waals surface area contributed by atoms with Crippen LogP contribution >= 0.6 is 11.8 Å². The molecular weight excluding hydrogens is 313 g/mol. The van der Waals surface area contributed by atoms with Crippen molar-refractivity contribution < 1.29 is 9.50 Å². The number of hydrogen-bond acceptors (Lipinski definition) is 3. The largest absolute Gasteiger partial charge is 0.506 e. The van der Waals surface area contributed by atoms with Gasteiger partial charge in [-0.1, -0.05) is 30.3 Å². The van der Waals surface area contributed by atoms with E-state index in [1.54, 1.807) is 30.3 Å². The minimum Gasteiger partial charge on any atom is -0.506 e. The predicted octanol–water partition coefficient (Wildman–Crippen LogP) is 4.10. The lowest BCUT2D eigenvalue weighted by atomic mass is 10.1. The summed E-state index contributed by atoms with van der Waals surface area (Å²) in [6.07, 6.45) is 1.32. The fourth-order valence-electron chi connectivity index (χ4n) is 2.48. The monoisotopic (exact) mass is 329 g/mol. The topological polar surface area (TPSA) is 53.1 Å². The molecule has 5 heteroatoms. The lowest BCUT2D eigenvalue weighted by Gasteiger charge is -2.07. The van der Waals surface area contributed by atoms with Crippen molar-refractivity contribution in [2.24, 2.45) is 0 Å². The molecule has 0 bridgehead atoms. The highest BCUT2D eigenvalue weighted by Crippen LogP contribution is 2.31. The van der Waals surface area contributed by atoms with Crippen molar-refractivity contribution in [2.75, 3.05) is 5.75 Å². The van der Waals surface area contributed by atoms with Crippen LogP contribution in [0.15, 0.2) is 58.2 Å². The third kappa shape index (κ3) is 3.40. The van der Waals surface area contributed by atoms with Crippen molar-refractivity contribution in [1.29, 1.82) is 0 Å². The molecule has 0 atom stereocenters. The molecule has 0 unspecified atom stereocenters. The SMILES string of the molecule is O=c1[nH]c2ccccc2c(O)c1SCCCc1ccccc1F. The van der Waals surface area contributed by atoms with Crippen LogP contribution in [0.2, 0.25) is 0 Å². The van der Waals surface area contributed by atoms with Crippen LogP contribution in [0.3, 0.4) is 0 Å². The van der Waals surface area contributed by atoms with E-state index in [0.717, 1.165) is 6.42 Å². The molecule has 0 aliphatic carbocycles. The van der Waals surface area contributed by atoms with Crippen LogP contribution in [0.1, 0.15) is 12.0 Å². The average molecular weight is 329 g/mol. The number of H-pyrrole nitrogens is 1. The molecule has 0 amide bonds. The smallest absolute Gasteiger partial charge is 0.265 e. The number of thioether (sulfide) groups is 1. The molecule has 3 aromatic rings. The summed E-state index contributed by atoms with van der Waals surface area (Å²) in [5.41, 5.74) is 0.993. The third-order valence-corrected chi connectivity index (χ3v) is 4.81. The van der Waals surface area contributed by atoms with Crippen LogP contribution < -0.4 is 5.56 Å². The van der Waals surface area contributed by atoms with Crippen LogP contribution in [0.5, 0.6) is 5.75 Å². The molecule has 118 valence electrons. The highest BCUT2D eigenvalue weighted by molar-refractivity contribution is 7.99. The van der Waals surface area contributed by atoms with Gasteiger partial charge in [0, 0.05) is 5.39 Å². The summed E-state index contributed by atoms with van der Waals surface area (Å²) >= 11 is 1.30. The number of hydrogen-bond donors (Lipinski definition) is 2. The number of fused-ring (bicyclic) bond motifs is 1. The number of benzene rings is 2. The van der Waals surface area contributed by atoms with E-state index in [-0.39, 0.29) is 17.1 Å². The summed E-state index contributed by atoms with van der Waals surface area (Å²) in [6.45, 7) is 0. The van der Waals surface area contributed by atoms with Gasteiger partial charge in [-0.3, -0.25) is 4.79 Å². The first-order chi connectivity index (χ1) is 11.2. The first kappa shape index (κ1) is 15.6. The molecule has 3 nitrogen and oxygen atoms in total. The summed E-state index contributed by atoms with van der Waals surface area (Å²) in [4.78, 5) is 15.2. The first-order valence-electron chi connectivity index (χ1n) is 7.37. The number of aromatic amines is 1. The molecule has 1 heterocycles. The predicted molar refractivity (Wildman–Crippen MR) is 91.7 cm³/mol. The van der Waals surface area contributed by atoms with Gasteiger partial charge in [0.05, 0.1) is 5.52 Å². The molecule has 2 aromatic carbocycles. The summed E-state index contributed by atoms with van der Waals surface area (Å²) in [6, 6.07) is 13.8. The third-order valence-electron chi connectivity index (χ3n) is 3.65. The van der Waals surface area contributed by atoms with Crippen LogP contribution in [0, 0.1) is 5.82 Å². The van der Waals surface area contributed by atoms with Gasteiger partial charge in [-0.05, 0) is 42.4 Å². The quantitative estimate of drug-likeness (QED) is 0.547. The van der Waals surface area contributed by atoms with Crippen molar-refractivity contribution in [3.05, 3.63) is 70.3 Å². The molecule has 0 radical (unpaired) electrons. The van der Waals surface area contributed by atoms with Crippen LogP contribution in [0.25, 0.3) is 10.9 Å². The molecule has 0 fully saturated rings. The average Bonchev–Trinajstić information content (AvgIpc) is 2.55. The highest BCUT2D eigenvalue weighted by atomic mass is 32.2. The number of nitrogens with one attached hydrogen (secondary N) is 1. The van der Waals surface area contributed by atoms with Crippen molar-refractivity contribution in [3.63, 3.8) is 0 Å². The standard InChI is InChI=1S/C18H16FNO2S/c19-14-9-3-1-6-12(14)7-5-11-23-17-16(21)13-8-2-4-10-15(13)20-18(17)22/h1-4,6,8-10H,5,7,11H2,(H2,20,21,22). The second-order valence-corrected chi connectivity index (χ2v) is 6.33. The molecule has 3 rings (SSSR count). The van der Waals surface area contributed by atoms with E-state index in [1.807, 2.05) is 12.1 Å². The maximum Gasteiger partial charge on any atom is 0.265 e. The number of aromatic nitrogens is 1. The van der Waals surface area contributed by atoms with Crippen LogP contribution in [0.4, 0.5) is 4.39 Å². The van der Waals surface area contributed by atoms with Gasteiger partial charge in [-0.2, -0.15) is 0 Å². The maximum atomic E-state index is 13.5. The van der Waals surface area contributed by atoms with Gasteiger partial charge in [0.25, 0.3) is 5.56 Å². The Morgan fingerprint density at radius 2 is 1.83 bits per heavy atom. The highest BCUT2D eigenvalue weighted by Gasteiger charge is 2.12. The van der Waals surface area contributed by atoms with Gasteiger partial charge in [0.2, 0.25) is 0 Å². The van der Waals surface area contributed by atoms with Crippen molar-refractivity contribution in [3.8, 4) is 5.75 Å². The Morgan fingerprint density at radius 3 is 2.65 bits per heavy atom. The Hall–Kier alpha value is -2.27. The molecule has 0 aliphatic rings. The molecule has 2 N–H and O–H groups in total. The molecule has 0 spiro atoms. The van der Waals surface area contributed by atoms with Crippen LogP contribution in [-0.2, 0) is 6.42 Å². The number of rotatable bonds is 5. The molecular formula is C18H16FNO2S. The lowest BCUT2D eigenvalue weighted by Crippen LogP contribution is -2.09. The Kier molecular flexibility index (Phi) is 4.67. The Morgan fingerprint density at radius 1 is 1.09 bits per heavy atom. The second-order valence-electron chi connectivity index (χ2n) is 5.22. The molecule has 0 saturated heterocycles. The fourth-order valence-corrected chi connectivity index (χ4v) is 3.40. The molecule has 1 aromatic heterocycles. The van der Waals surface area contributed by atoms with Gasteiger partial charge in [-0.15, -0.1) is 11.8 Å². The maximum absolute atomic E-state index is 13.5. The Labute approximate surface area is 137 Å². The van der Waals surface area contributed by atoms with E-state index in [2.05, 4.69) is 4.98 Å². The summed E-state index contributed by atoms with van der Waals surface area (Å²) < 4.78 is 13.5. The molecule has 0 aliphatic heterocycles. The van der Waals surface area contributed by atoms with Gasteiger partial charge >= 0.3 is 0 Å². The van der Waals surface area contributed by atoms with E-state index >= 15 is 0 Å². The summed E-state index contributed by atoms with van der Waals surface area (Å²) in [5.74, 6) is 0.438. The second kappa shape index (κ2) is 6.87. The summed E-state index contributed by atoms with van der Waals surface area (Å²) in [5, 5.41) is 10.9. The van der Waals surface area contributed by atoms with Gasteiger partial charge in [-0.25, -0.2) is 4.39 Å². The van der Waals surface area contributed by atoms with Crippen molar-refractivity contribution in [1.82, 2.24) is 4.98 Å². The fraction of sp³-hybridized carbons (Fsp3) is 0.167. The lowest BCUT2D eigenvalue weighted by molar-refractivity contribution is 0.467. The minimum absolute atomic E-state index is 0.0141. The normalized spacial score (nSPS) is 11.0. The zero-order valence-electron chi connectivity index (χ0n) is 12.4. The zero-order chi connectivity index (χ0) is 16.2. The van der Waals surface area contributed by atoms with E-state index in [9.17, 15) is 14.3 Å². The van der Waals surface area contributed by atoms with E-state index in [0.29, 0.717) is 33.5 Å². The Bertz CT molecular complexity index is 892. The zero-order valence-corrected chi connectivity index (χ0v) is 13.2.